The van der Waals surface area contributed by atoms with Crippen molar-refractivity contribution < 1.29 is 14.6 Å². The fraction of sp³-hybridized carbons (Fsp3) is 0.909. The van der Waals surface area contributed by atoms with E-state index >= 15 is 0 Å². The van der Waals surface area contributed by atoms with Crippen molar-refractivity contribution in [3.63, 3.8) is 0 Å². The molecule has 0 saturated heterocycles. The highest BCUT2D eigenvalue weighted by atomic mass is 16.6. The molecule has 84 valence electrons. The van der Waals surface area contributed by atoms with Crippen molar-refractivity contribution in [3.05, 3.63) is 0 Å². The Kier molecular flexibility index (Phi) is 4.13. The summed E-state index contributed by atoms with van der Waals surface area (Å²) in [5.41, 5.74) is -1.09. The average Bonchev–Trinajstić information content (AvgIpc) is 1.79. The van der Waals surface area contributed by atoms with Crippen LogP contribution in [0.5, 0.6) is 0 Å². The van der Waals surface area contributed by atoms with Gasteiger partial charge in [0.05, 0.1) is 11.5 Å². The Morgan fingerprint density at radius 3 is 2.00 bits per heavy atom. The lowest BCUT2D eigenvalue weighted by Crippen LogP contribution is -2.36. The Morgan fingerprint density at radius 2 is 1.71 bits per heavy atom. The first-order valence-corrected chi connectivity index (χ1v) is 4.96. The van der Waals surface area contributed by atoms with E-state index in [2.05, 4.69) is 0 Å². The molecule has 3 heteroatoms. The summed E-state index contributed by atoms with van der Waals surface area (Å²) < 4.78 is 5.31. The van der Waals surface area contributed by atoms with E-state index in [0.717, 1.165) is 0 Å². The molecule has 0 aromatic heterocycles. The molecule has 14 heavy (non-hydrogen) atoms. The van der Waals surface area contributed by atoms with Gasteiger partial charge in [-0.1, -0.05) is 0 Å². The number of aliphatic hydroxyl groups excluding tert-OH is 1. The third-order valence-corrected chi connectivity index (χ3v) is 1.77. The predicted molar refractivity (Wildman–Crippen MR) is 55.9 cm³/mol. The molecule has 0 radical (unpaired) electrons. The molecule has 0 fully saturated rings. The topological polar surface area (TPSA) is 46.5 Å². The Bertz CT molecular complexity index is 199. The zero-order valence-electron chi connectivity index (χ0n) is 10.0. The Hall–Kier alpha value is -0.570. The van der Waals surface area contributed by atoms with E-state index in [-0.39, 0.29) is 5.97 Å². The number of aliphatic hydroxyl groups is 1. The summed E-state index contributed by atoms with van der Waals surface area (Å²) in [5.74, 6) is -0.233. The minimum atomic E-state index is -0.599. The van der Waals surface area contributed by atoms with Crippen LogP contribution in [0.25, 0.3) is 0 Å². The van der Waals surface area contributed by atoms with Crippen molar-refractivity contribution in [1.29, 1.82) is 0 Å². The van der Waals surface area contributed by atoms with Crippen molar-refractivity contribution in [2.75, 3.05) is 0 Å². The summed E-state index contributed by atoms with van der Waals surface area (Å²) in [6, 6.07) is 0. The van der Waals surface area contributed by atoms with Crippen LogP contribution in [-0.2, 0) is 9.53 Å². The minimum Gasteiger partial charge on any atom is -0.459 e. The predicted octanol–water partition coefficient (Wildman–Crippen LogP) is 2.13. The second kappa shape index (κ2) is 4.30. The van der Waals surface area contributed by atoms with E-state index in [1.807, 2.05) is 34.6 Å². The zero-order valence-corrected chi connectivity index (χ0v) is 10.0. The molecule has 0 heterocycles. The van der Waals surface area contributed by atoms with Crippen LogP contribution >= 0.6 is 0 Å². The molecule has 0 bridgehead atoms. The number of ether oxygens (including phenoxy) is 1. The maximum atomic E-state index is 11.6. The van der Waals surface area contributed by atoms with Crippen molar-refractivity contribution >= 4 is 5.97 Å². The molecule has 1 N–H and O–H groups in total. The summed E-state index contributed by atoms with van der Waals surface area (Å²) in [7, 11) is 0. The Morgan fingerprint density at radius 1 is 1.29 bits per heavy atom. The number of hydrogen-bond acceptors (Lipinski definition) is 3. The van der Waals surface area contributed by atoms with Crippen molar-refractivity contribution in [2.24, 2.45) is 5.41 Å². The molecular formula is C11H22O3. The van der Waals surface area contributed by atoms with Gasteiger partial charge in [0.15, 0.2) is 0 Å². The van der Waals surface area contributed by atoms with Gasteiger partial charge in [0.2, 0.25) is 0 Å². The summed E-state index contributed by atoms with van der Waals surface area (Å²) in [5, 5.41) is 9.21. The van der Waals surface area contributed by atoms with E-state index in [1.54, 1.807) is 6.92 Å². The molecule has 0 aromatic carbocycles. The summed E-state index contributed by atoms with van der Waals surface area (Å²) in [6.45, 7) is 10.7. The lowest BCUT2D eigenvalue weighted by Gasteiger charge is -2.30. The zero-order chi connectivity index (χ0) is 11.6. The van der Waals surface area contributed by atoms with Gasteiger partial charge in [-0.25, -0.2) is 0 Å². The van der Waals surface area contributed by atoms with Gasteiger partial charge >= 0.3 is 5.97 Å². The quantitative estimate of drug-likeness (QED) is 0.713. The van der Waals surface area contributed by atoms with Crippen LogP contribution in [0.15, 0.2) is 0 Å². The molecule has 3 nitrogen and oxygen atoms in total. The van der Waals surface area contributed by atoms with E-state index in [9.17, 15) is 9.90 Å². The smallest absolute Gasteiger partial charge is 0.311 e. The van der Waals surface area contributed by atoms with Crippen LogP contribution in [0.4, 0.5) is 0 Å². The summed E-state index contributed by atoms with van der Waals surface area (Å²) in [4.78, 5) is 11.6. The number of carbonyl (C=O) groups excluding carboxylic acids is 1. The van der Waals surface area contributed by atoms with Gasteiger partial charge in [0, 0.05) is 6.42 Å². The third kappa shape index (κ3) is 5.22. The number of hydrogen-bond donors (Lipinski definition) is 1. The van der Waals surface area contributed by atoms with Gasteiger partial charge in [-0.3, -0.25) is 4.79 Å². The molecule has 0 aliphatic heterocycles. The first-order chi connectivity index (χ1) is 6.04. The van der Waals surface area contributed by atoms with Gasteiger partial charge in [0.1, 0.15) is 5.60 Å². The molecular weight excluding hydrogens is 180 g/mol. The van der Waals surface area contributed by atoms with Crippen molar-refractivity contribution in [1.82, 2.24) is 0 Å². The van der Waals surface area contributed by atoms with Crippen LogP contribution in [0.2, 0.25) is 0 Å². The average molecular weight is 202 g/mol. The summed E-state index contributed by atoms with van der Waals surface area (Å²) in [6.07, 6.45) is -0.00721. The number of esters is 1. The van der Waals surface area contributed by atoms with Crippen LogP contribution in [0, 0.1) is 5.41 Å². The van der Waals surface area contributed by atoms with E-state index in [0.29, 0.717) is 6.42 Å². The molecule has 1 atom stereocenters. The minimum absolute atomic E-state index is 0.233. The molecule has 0 spiro atoms. The van der Waals surface area contributed by atoms with Crippen molar-refractivity contribution in [2.45, 2.75) is 59.7 Å². The first kappa shape index (κ1) is 13.4. The summed E-state index contributed by atoms with van der Waals surface area (Å²) >= 11 is 0. The van der Waals surface area contributed by atoms with Gasteiger partial charge in [-0.15, -0.1) is 0 Å². The molecule has 1 unspecified atom stereocenters. The van der Waals surface area contributed by atoms with Crippen LogP contribution < -0.4 is 0 Å². The van der Waals surface area contributed by atoms with E-state index in [1.165, 1.54) is 0 Å². The second-order valence-corrected chi connectivity index (χ2v) is 5.45. The van der Waals surface area contributed by atoms with E-state index in [4.69, 9.17) is 4.74 Å². The maximum absolute atomic E-state index is 11.6. The van der Waals surface area contributed by atoms with Gasteiger partial charge < -0.3 is 9.84 Å². The maximum Gasteiger partial charge on any atom is 0.311 e. The Labute approximate surface area is 86.5 Å². The number of rotatable bonds is 3. The standard InChI is InChI=1S/C11H22O3/c1-8(12)7-11(5,6)14-9(13)10(2,3)4/h8,12H,7H2,1-6H3. The Balaban J connectivity index is 4.30. The largest absolute Gasteiger partial charge is 0.459 e. The van der Waals surface area contributed by atoms with Crippen LogP contribution in [0.3, 0.4) is 0 Å². The second-order valence-electron chi connectivity index (χ2n) is 5.45. The lowest BCUT2D eigenvalue weighted by atomic mass is 9.95. The molecule has 0 aromatic rings. The molecule has 0 saturated carbocycles. The SMILES string of the molecule is CC(O)CC(C)(C)OC(=O)C(C)(C)C. The monoisotopic (exact) mass is 202 g/mol. The first-order valence-electron chi connectivity index (χ1n) is 4.96. The highest BCUT2D eigenvalue weighted by Crippen LogP contribution is 2.23. The van der Waals surface area contributed by atoms with Crippen LogP contribution in [0.1, 0.15) is 48.0 Å². The fourth-order valence-corrected chi connectivity index (χ4v) is 1.16. The highest BCUT2D eigenvalue weighted by Gasteiger charge is 2.31. The van der Waals surface area contributed by atoms with Gasteiger partial charge in [0.25, 0.3) is 0 Å². The third-order valence-electron chi connectivity index (χ3n) is 1.77. The molecule has 0 amide bonds. The molecule has 0 rings (SSSR count). The van der Waals surface area contributed by atoms with Gasteiger partial charge in [-0.2, -0.15) is 0 Å². The normalized spacial score (nSPS) is 15.1. The lowest BCUT2D eigenvalue weighted by molar-refractivity contribution is -0.168. The number of carbonyl (C=O) groups is 1. The van der Waals surface area contributed by atoms with Crippen molar-refractivity contribution in [3.8, 4) is 0 Å². The van der Waals surface area contributed by atoms with Crippen LogP contribution in [-0.4, -0.2) is 22.8 Å². The van der Waals surface area contributed by atoms with E-state index < -0.39 is 17.1 Å². The fourth-order valence-electron chi connectivity index (χ4n) is 1.16. The molecule has 0 aliphatic carbocycles. The van der Waals surface area contributed by atoms with Gasteiger partial charge in [-0.05, 0) is 41.5 Å². The molecule has 0 aliphatic rings. The highest BCUT2D eigenvalue weighted by molar-refractivity contribution is 5.75.